The maximum Gasteiger partial charge on any atom is 0.0426 e. The number of nitrogens with zero attached hydrogens (tertiary/aromatic N) is 1. The van der Waals surface area contributed by atoms with Crippen molar-refractivity contribution in [1.82, 2.24) is 4.90 Å². The number of hydrogen-bond donors (Lipinski definition) is 1. The summed E-state index contributed by atoms with van der Waals surface area (Å²) in [5.41, 5.74) is 1.16. The highest BCUT2D eigenvalue weighted by atomic mass is 35.5. The number of piperidine rings is 1. The zero-order valence-electron chi connectivity index (χ0n) is 10.0. The summed E-state index contributed by atoms with van der Waals surface area (Å²) in [4.78, 5) is 2.65. The van der Waals surface area contributed by atoms with E-state index in [1.54, 1.807) is 0 Å². The molecule has 3 rings (SSSR count). The lowest BCUT2D eigenvalue weighted by Gasteiger charge is -2.35. The van der Waals surface area contributed by atoms with Gasteiger partial charge in [-0.25, -0.2) is 0 Å². The summed E-state index contributed by atoms with van der Waals surface area (Å²) in [7, 11) is 0. The highest BCUT2D eigenvalue weighted by Crippen LogP contribution is 2.28. The van der Waals surface area contributed by atoms with Crippen molar-refractivity contribution in [2.75, 3.05) is 18.4 Å². The average molecular weight is 251 g/mol. The van der Waals surface area contributed by atoms with Gasteiger partial charge in [0.2, 0.25) is 0 Å². The van der Waals surface area contributed by atoms with Crippen LogP contribution in [0.25, 0.3) is 0 Å². The monoisotopic (exact) mass is 250 g/mol. The molecule has 0 saturated carbocycles. The third kappa shape index (κ3) is 2.58. The molecule has 0 aromatic heterocycles. The molecule has 1 aromatic rings. The lowest BCUT2D eigenvalue weighted by molar-refractivity contribution is 0.188. The van der Waals surface area contributed by atoms with E-state index in [0.717, 1.165) is 16.8 Å². The van der Waals surface area contributed by atoms with Gasteiger partial charge in [-0.15, -0.1) is 0 Å². The molecule has 3 heteroatoms. The fourth-order valence-electron chi connectivity index (χ4n) is 3.17. The van der Waals surface area contributed by atoms with Gasteiger partial charge in [0.15, 0.2) is 0 Å². The van der Waals surface area contributed by atoms with Crippen LogP contribution in [0, 0.1) is 0 Å². The summed E-state index contributed by atoms with van der Waals surface area (Å²) in [5.74, 6) is 0. The quantitative estimate of drug-likeness (QED) is 0.866. The number of nitrogens with one attached hydrogen (secondary N) is 1. The van der Waals surface area contributed by atoms with Crippen LogP contribution in [0.15, 0.2) is 24.3 Å². The SMILES string of the molecule is Clc1cccc(NC2CCN3CCCC3C2)c1. The Hall–Kier alpha value is -0.730. The van der Waals surface area contributed by atoms with E-state index in [2.05, 4.69) is 16.3 Å². The van der Waals surface area contributed by atoms with Crippen LogP contribution in [-0.2, 0) is 0 Å². The Morgan fingerprint density at radius 3 is 3.06 bits per heavy atom. The Morgan fingerprint density at radius 2 is 2.18 bits per heavy atom. The minimum atomic E-state index is 0.618. The number of rotatable bonds is 2. The topological polar surface area (TPSA) is 15.3 Å². The maximum absolute atomic E-state index is 6.00. The normalized spacial score (nSPS) is 29.0. The number of anilines is 1. The Labute approximate surface area is 108 Å². The van der Waals surface area contributed by atoms with Crippen LogP contribution in [0.2, 0.25) is 5.02 Å². The van der Waals surface area contributed by atoms with Gasteiger partial charge in [-0.05, 0) is 50.4 Å². The van der Waals surface area contributed by atoms with E-state index in [4.69, 9.17) is 11.6 Å². The molecule has 1 N–H and O–H groups in total. The van der Waals surface area contributed by atoms with E-state index in [1.807, 2.05) is 18.2 Å². The van der Waals surface area contributed by atoms with Gasteiger partial charge in [0.05, 0.1) is 0 Å². The molecule has 0 amide bonds. The van der Waals surface area contributed by atoms with Crippen LogP contribution < -0.4 is 5.32 Å². The number of halogens is 1. The molecule has 92 valence electrons. The molecule has 0 bridgehead atoms. The van der Waals surface area contributed by atoms with E-state index < -0.39 is 0 Å². The number of fused-ring (bicyclic) bond motifs is 1. The van der Waals surface area contributed by atoms with Crippen LogP contribution >= 0.6 is 11.6 Å². The average Bonchev–Trinajstić information content (AvgIpc) is 2.76. The van der Waals surface area contributed by atoms with Crippen molar-refractivity contribution >= 4 is 17.3 Å². The first-order valence-corrected chi connectivity index (χ1v) is 6.95. The molecule has 2 atom stereocenters. The van der Waals surface area contributed by atoms with E-state index in [0.29, 0.717) is 6.04 Å². The first kappa shape index (κ1) is 11.4. The summed E-state index contributed by atoms with van der Waals surface area (Å²) in [5, 5.41) is 4.44. The first-order valence-electron chi connectivity index (χ1n) is 6.57. The van der Waals surface area contributed by atoms with E-state index in [1.165, 1.54) is 38.8 Å². The first-order chi connectivity index (χ1) is 8.31. The van der Waals surface area contributed by atoms with Crippen molar-refractivity contribution in [3.8, 4) is 0 Å². The van der Waals surface area contributed by atoms with Crippen molar-refractivity contribution in [1.29, 1.82) is 0 Å². The van der Waals surface area contributed by atoms with Gasteiger partial charge in [0, 0.05) is 29.3 Å². The van der Waals surface area contributed by atoms with Gasteiger partial charge in [0.1, 0.15) is 0 Å². The Balaban J connectivity index is 1.62. The van der Waals surface area contributed by atoms with E-state index in [9.17, 15) is 0 Å². The van der Waals surface area contributed by atoms with E-state index >= 15 is 0 Å². The number of hydrogen-bond acceptors (Lipinski definition) is 2. The van der Waals surface area contributed by atoms with Gasteiger partial charge >= 0.3 is 0 Å². The fraction of sp³-hybridized carbons (Fsp3) is 0.571. The molecule has 2 nitrogen and oxygen atoms in total. The molecule has 2 saturated heterocycles. The molecule has 2 heterocycles. The highest BCUT2D eigenvalue weighted by molar-refractivity contribution is 6.30. The molecular weight excluding hydrogens is 232 g/mol. The zero-order chi connectivity index (χ0) is 11.7. The third-order valence-electron chi connectivity index (χ3n) is 4.02. The van der Waals surface area contributed by atoms with Crippen molar-refractivity contribution in [3.05, 3.63) is 29.3 Å². The summed E-state index contributed by atoms with van der Waals surface area (Å²) < 4.78 is 0. The molecule has 0 radical (unpaired) electrons. The second-order valence-electron chi connectivity index (χ2n) is 5.21. The molecule has 1 aromatic carbocycles. The Kier molecular flexibility index (Phi) is 3.26. The molecule has 2 aliphatic heterocycles. The van der Waals surface area contributed by atoms with Crippen molar-refractivity contribution < 1.29 is 0 Å². The second kappa shape index (κ2) is 4.87. The summed E-state index contributed by atoms with van der Waals surface area (Å²) in [6, 6.07) is 9.49. The summed E-state index contributed by atoms with van der Waals surface area (Å²) in [6.07, 6.45) is 5.30. The van der Waals surface area contributed by atoms with Gasteiger partial charge in [-0.3, -0.25) is 0 Å². The minimum Gasteiger partial charge on any atom is -0.382 e. The highest BCUT2D eigenvalue weighted by Gasteiger charge is 2.31. The minimum absolute atomic E-state index is 0.618. The third-order valence-corrected chi connectivity index (χ3v) is 4.25. The van der Waals surface area contributed by atoms with Crippen molar-refractivity contribution in [2.45, 2.75) is 37.8 Å². The smallest absolute Gasteiger partial charge is 0.0426 e. The van der Waals surface area contributed by atoms with Crippen LogP contribution in [0.1, 0.15) is 25.7 Å². The van der Waals surface area contributed by atoms with Crippen molar-refractivity contribution in [2.24, 2.45) is 0 Å². The molecule has 0 spiro atoms. The summed E-state index contributed by atoms with van der Waals surface area (Å²) in [6.45, 7) is 2.57. The largest absolute Gasteiger partial charge is 0.382 e. The predicted molar refractivity (Wildman–Crippen MR) is 72.7 cm³/mol. The van der Waals surface area contributed by atoms with Gasteiger partial charge < -0.3 is 10.2 Å². The number of benzene rings is 1. The van der Waals surface area contributed by atoms with Gasteiger partial charge in [-0.2, -0.15) is 0 Å². The zero-order valence-corrected chi connectivity index (χ0v) is 10.8. The lowest BCUT2D eigenvalue weighted by Crippen LogP contribution is -2.42. The van der Waals surface area contributed by atoms with Crippen LogP contribution in [0.5, 0.6) is 0 Å². The van der Waals surface area contributed by atoms with Gasteiger partial charge in [-0.1, -0.05) is 17.7 Å². The van der Waals surface area contributed by atoms with Crippen LogP contribution in [0.3, 0.4) is 0 Å². The molecular formula is C14H19ClN2. The Bertz CT molecular complexity index is 394. The maximum atomic E-state index is 6.00. The van der Waals surface area contributed by atoms with Gasteiger partial charge in [0.25, 0.3) is 0 Å². The summed E-state index contributed by atoms with van der Waals surface area (Å²) >= 11 is 6.00. The van der Waals surface area contributed by atoms with Crippen molar-refractivity contribution in [3.63, 3.8) is 0 Å². The van der Waals surface area contributed by atoms with Crippen LogP contribution in [0.4, 0.5) is 5.69 Å². The lowest BCUT2D eigenvalue weighted by atomic mass is 9.97. The van der Waals surface area contributed by atoms with Crippen LogP contribution in [-0.4, -0.2) is 30.1 Å². The molecule has 2 aliphatic rings. The fourth-order valence-corrected chi connectivity index (χ4v) is 3.36. The Morgan fingerprint density at radius 1 is 1.24 bits per heavy atom. The standard InChI is InChI=1S/C14H19ClN2/c15-11-3-1-4-12(9-11)16-13-6-8-17-7-2-5-14(17)10-13/h1,3-4,9,13-14,16H,2,5-8,10H2. The predicted octanol–water partition coefficient (Wildman–Crippen LogP) is 3.38. The molecule has 0 aliphatic carbocycles. The second-order valence-corrected chi connectivity index (χ2v) is 5.64. The molecule has 17 heavy (non-hydrogen) atoms. The molecule has 2 unspecified atom stereocenters. The molecule has 2 fully saturated rings. The van der Waals surface area contributed by atoms with E-state index in [-0.39, 0.29) is 0 Å².